The predicted octanol–water partition coefficient (Wildman–Crippen LogP) is 22.0. The first kappa shape index (κ1) is 113. The van der Waals surface area contributed by atoms with Crippen molar-refractivity contribution in [3.8, 4) is 0 Å². The van der Waals surface area contributed by atoms with Crippen LogP contribution in [0.3, 0.4) is 0 Å². The van der Waals surface area contributed by atoms with Gasteiger partial charge in [-0.3, -0.25) is 30.7 Å². The number of ether oxygens (including phenoxy) is 1. The summed E-state index contributed by atoms with van der Waals surface area (Å²) >= 11 is 0. The Kier molecular flexibility index (Phi) is 116. The summed E-state index contributed by atoms with van der Waals surface area (Å²) < 4.78 is 237. The molecule has 0 saturated carbocycles. The van der Waals surface area contributed by atoms with E-state index in [4.69, 9.17) is 4.74 Å². The lowest BCUT2D eigenvalue weighted by Crippen LogP contribution is -2.40. The van der Waals surface area contributed by atoms with Gasteiger partial charge in [-0.1, -0.05) is 69.2 Å². The Labute approximate surface area is 413 Å². The van der Waals surface area contributed by atoms with Crippen molar-refractivity contribution < 1.29 is 101 Å². The van der Waals surface area contributed by atoms with E-state index in [1.54, 1.807) is 0 Å². The summed E-state index contributed by atoms with van der Waals surface area (Å²) in [5.41, 5.74) is 0.344. The van der Waals surface area contributed by atoms with Crippen molar-refractivity contribution in [1.29, 1.82) is 0 Å². The van der Waals surface area contributed by atoms with Crippen LogP contribution in [0.1, 0.15) is 180 Å². The molecule has 1 nitrogen and oxygen atoms in total. The maximum atomic E-state index is 11.9. The molecule has 0 aromatic rings. The van der Waals surface area contributed by atoms with Gasteiger partial charge < -0.3 is 4.74 Å². The molecule has 0 fully saturated rings. The quantitative estimate of drug-likeness (QED) is 0.256. The Bertz CT molecular complexity index is 700. The lowest BCUT2D eigenvalue weighted by Gasteiger charge is -2.34. The molecule has 0 aliphatic heterocycles. The topological polar surface area (TPSA) is 9.23 Å². The van der Waals surface area contributed by atoms with Crippen LogP contribution >= 0.6 is 0 Å². The zero-order chi connectivity index (χ0) is 62.4. The molecule has 70 heavy (non-hydrogen) atoms. The Hall–Kier alpha value is -1.58. The normalized spacial score (nSPS) is 10.3. The molecule has 0 unspecified atom stereocenters. The van der Waals surface area contributed by atoms with E-state index in [2.05, 4.69) is 111 Å². The van der Waals surface area contributed by atoms with Gasteiger partial charge in [-0.25, -0.2) is 65.9 Å². The fraction of sp³-hybridized carbons (Fsp3) is 1.00. The lowest BCUT2D eigenvalue weighted by atomic mass is 9.71. The first-order valence-electron chi connectivity index (χ1n) is 21.0. The predicted molar refractivity (Wildman–Crippen MR) is 257 cm³/mol. The fourth-order valence-electron chi connectivity index (χ4n) is 1.36. The van der Waals surface area contributed by atoms with Crippen LogP contribution in [0.5, 0.6) is 0 Å². The molecule has 0 aromatic heterocycles. The van der Waals surface area contributed by atoms with Crippen LogP contribution in [0, 0.1) is 16.2 Å². The highest BCUT2D eigenvalue weighted by atomic mass is 19.3. The van der Waals surface area contributed by atoms with Crippen molar-refractivity contribution in [2.24, 2.45) is 16.2 Å². The zero-order valence-corrected chi connectivity index (χ0v) is 48.5. The minimum atomic E-state index is -3.97. The van der Waals surface area contributed by atoms with Gasteiger partial charge in [0.1, 0.15) is 5.67 Å². The monoisotopic (exact) mass is 1100 g/mol. The van der Waals surface area contributed by atoms with Crippen LogP contribution in [-0.4, -0.2) is 117 Å². The van der Waals surface area contributed by atoms with Crippen LogP contribution in [0.15, 0.2) is 0 Å². The second-order valence-electron chi connectivity index (χ2n) is 18.7. The van der Waals surface area contributed by atoms with Crippen LogP contribution in [0.25, 0.3) is 0 Å². The van der Waals surface area contributed by atoms with Crippen molar-refractivity contribution in [2.45, 2.75) is 221 Å². The van der Waals surface area contributed by atoms with Gasteiger partial charge in [0.25, 0.3) is 17.8 Å². The Morgan fingerprint density at radius 3 is 0.414 bits per heavy atom. The first-order chi connectivity index (χ1) is 30.6. The summed E-state index contributed by atoms with van der Waals surface area (Å²) in [6.45, 7) is 38.1. The SMILES string of the molecule is CC(C)(C)C.CC(C)(C)C(C)(C)C.CC(C)(C)F.CC(C)(C)OC(C)(C)C.CC(F)(F)C(F)C(C)(F)F.CC(F)(F)CF.CCF.CCF.CCF.CCF.CF.CF.CF.FCF.FCF.FCF. The number of halogens is 22. The van der Waals surface area contributed by atoms with E-state index in [0.717, 1.165) is 0 Å². The lowest BCUT2D eigenvalue weighted by molar-refractivity contribution is -0.162. The van der Waals surface area contributed by atoms with Gasteiger partial charge in [0.05, 0.1) is 59.4 Å². The molecule has 23 heteroatoms. The molecule has 0 amide bonds. The van der Waals surface area contributed by atoms with Crippen molar-refractivity contribution in [3.05, 3.63) is 0 Å². The third-order valence-corrected chi connectivity index (χ3v) is 3.99. The molecular formula is C47H104F22O. The molecule has 0 aliphatic carbocycles. The van der Waals surface area contributed by atoms with Gasteiger partial charge in [-0.2, -0.15) is 0 Å². The highest BCUT2D eigenvalue weighted by molar-refractivity contribution is 4.82. The largest absolute Gasteiger partial charge is 0.370 e. The smallest absolute Gasteiger partial charge is 0.281 e. The molecule has 0 rings (SSSR count). The fourth-order valence-corrected chi connectivity index (χ4v) is 1.36. The Balaban J connectivity index is -0.0000000327. The highest BCUT2D eigenvalue weighted by Crippen LogP contribution is 2.36. The second kappa shape index (κ2) is 71.7. The molecule has 0 N–H and O–H groups in total. The minimum absolute atomic E-state index is 0.0156. The summed E-state index contributed by atoms with van der Waals surface area (Å²) in [4.78, 5) is 0. The van der Waals surface area contributed by atoms with E-state index in [1.807, 2.05) is 0 Å². The molecule has 0 aliphatic rings. The minimum Gasteiger partial charge on any atom is -0.370 e. The maximum absolute atomic E-state index is 11.9. The van der Waals surface area contributed by atoms with E-state index in [-0.39, 0.29) is 51.7 Å². The Morgan fingerprint density at radius 2 is 0.414 bits per heavy atom. The van der Waals surface area contributed by atoms with E-state index in [9.17, 15) is 96.6 Å². The summed E-state index contributed by atoms with van der Waals surface area (Å²) in [6.07, 6.45) is -3.40. The van der Waals surface area contributed by atoms with Gasteiger partial charge in [0, 0.05) is 20.8 Å². The summed E-state index contributed by atoms with van der Waals surface area (Å²) in [5, 5.41) is 0. The van der Waals surface area contributed by atoms with Crippen LogP contribution in [0.4, 0.5) is 96.6 Å². The number of alkyl halides is 22. The van der Waals surface area contributed by atoms with Gasteiger partial charge in [-0.05, 0) is 106 Å². The van der Waals surface area contributed by atoms with Crippen molar-refractivity contribution in [3.63, 3.8) is 0 Å². The van der Waals surface area contributed by atoms with E-state index < -0.39 is 57.1 Å². The van der Waals surface area contributed by atoms with Crippen molar-refractivity contribution in [1.82, 2.24) is 0 Å². The van der Waals surface area contributed by atoms with E-state index in [1.165, 1.54) is 48.5 Å². The highest BCUT2D eigenvalue weighted by Gasteiger charge is 2.49. The molecule has 0 atom stereocenters. The maximum Gasteiger partial charge on any atom is 0.281 e. The van der Waals surface area contributed by atoms with Gasteiger partial charge in [0.2, 0.25) is 27.0 Å². The Morgan fingerprint density at radius 1 is 0.329 bits per heavy atom. The summed E-state index contributed by atoms with van der Waals surface area (Å²) in [5.74, 6) is -11.1. The first-order valence-corrected chi connectivity index (χ1v) is 21.0. The molecule has 0 saturated heterocycles. The molecule has 0 spiro atoms. The van der Waals surface area contributed by atoms with Crippen molar-refractivity contribution >= 4 is 0 Å². The van der Waals surface area contributed by atoms with Crippen LogP contribution in [-0.2, 0) is 4.74 Å². The summed E-state index contributed by atoms with van der Waals surface area (Å²) in [6, 6.07) is 0. The van der Waals surface area contributed by atoms with Crippen molar-refractivity contribution in [2.75, 3.05) is 75.7 Å². The van der Waals surface area contributed by atoms with Gasteiger partial charge in [-0.15, -0.1) is 0 Å². The van der Waals surface area contributed by atoms with Crippen LogP contribution < -0.4 is 0 Å². The summed E-state index contributed by atoms with van der Waals surface area (Å²) in [7, 11) is 1.50. The van der Waals surface area contributed by atoms with Gasteiger partial charge in [0.15, 0.2) is 6.67 Å². The zero-order valence-electron chi connectivity index (χ0n) is 48.5. The molecule has 0 aromatic carbocycles. The number of rotatable bonds is 3. The molecule has 0 heterocycles. The second-order valence-corrected chi connectivity index (χ2v) is 18.7. The molecule has 0 bridgehead atoms. The van der Waals surface area contributed by atoms with E-state index in [0.29, 0.717) is 44.7 Å². The third-order valence-electron chi connectivity index (χ3n) is 3.99. The standard InChI is InChI=1S/C8H18O.C8H18.C5H7F5.C5H12.C4H9F.C3H5F3.4C2H5F.3CH2F2.3CH3F/c1-7(2,3)9-8(4,5)6;1-7(2,3)8(4,5)6;1-4(7,8)3(6)5(2,9)10;1-5(2,3)4;1-4(2,3)5;1-3(5,6)2-4;4*1-2-3;3*2-1-3;3*1-2/h1-6H3;1-6H3;3H,1-2H3;1-4H3;1-3H3;2H2,1H3;4*2H2,1H3;3*1H2;3*1H3. The number of hydrogen-bond donors (Lipinski definition) is 0. The molecular weight excluding hydrogens is 998 g/mol. The number of hydrogen-bond acceptors (Lipinski definition) is 1. The average Bonchev–Trinajstić information content (AvgIpc) is 3.09. The molecule has 452 valence electrons. The van der Waals surface area contributed by atoms with Gasteiger partial charge >= 0.3 is 0 Å². The third kappa shape index (κ3) is 352. The average molecular weight is 1100 g/mol. The van der Waals surface area contributed by atoms with Crippen LogP contribution in [0.2, 0.25) is 0 Å². The van der Waals surface area contributed by atoms with E-state index >= 15 is 0 Å². The molecule has 0 radical (unpaired) electrons.